The van der Waals surface area contributed by atoms with Crippen LogP contribution in [0.1, 0.15) is 39.2 Å². The first kappa shape index (κ1) is 28.1. The molecule has 0 fully saturated rings. The standard InChI is InChI=1S/C21H32N6O7/c1-21(2,3)34-20(30)25-15(11-8-12-23-19(22)26-27(31)32)17(28)24-16(18(29)33-4)13-14-9-6-5-7-10-14/h5-7,9-10,15-16H,8,11-13H2,1-4H3,(H,24,28)(H,25,30)(H3,22,23,26)/t15-,16+/m1/s1. The maximum Gasteiger partial charge on any atom is 0.408 e. The Hall–Kier alpha value is -3.90. The van der Waals surface area contributed by atoms with Crippen LogP contribution >= 0.6 is 0 Å². The Bertz CT molecular complexity index is 870. The topological polar surface area (TPSA) is 187 Å². The first-order valence-electron chi connectivity index (χ1n) is 10.5. The van der Waals surface area contributed by atoms with E-state index in [1.807, 2.05) is 6.07 Å². The predicted octanol–water partition coefficient (Wildman–Crippen LogP) is 0.656. The summed E-state index contributed by atoms with van der Waals surface area (Å²) in [4.78, 5) is 51.7. The van der Waals surface area contributed by atoms with E-state index in [9.17, 15) is 24.5 Å². The van der Waals surface area contributed by atoms with Gasteiger partial charge in [-0.15, -0.1) is 0 Å². The van der Waals surface area contributed by atoms with Crippen molar-refractivity contribution in [2.45, 2.75) is 57.7 Å². The van der Waals surface area contributed by atoms with Crippen LogP contribution in [-0.2, 0) is 25.5 Å². The van der Waals surface area contributed by atoms with Gasteiger partial charge in [-0.1, -0.05) is 35.8 Å². The third-order valence-corrected chi connectivity index (χ3v) is 4.23. The van der Waals surface area contributed by atoms with Crippen LogP contribution in [0.4, 0.5) is 4.79 Å². The number of alkyl carbamates (subject to hydrolysis) is 1. The van der Waals surface area contributed by atoms with E-state index < -0.39 is 40.7 Å². The number of aliphatic imine (C=N–C) groups is 1. The van der Waals surface area contributed by atoms with E-state index in [-0.39, 0.29) is 31.8 Å². The van der Waals surface area contributed by atoms with Crippen LogP contribution in [0.5, 0.6) is 0 Å². The lowest BCUT2D eigenvalue weighted by atomic mass is 10.0. The molecule has 34 heavy (non-hydrogen) atoms. The molecule has 5 N–H and O–H groups in total. The summed E-state index contributed by atoms with van der Waals surface area (Å²) in [5.74, 6) is -1.66. The molecule has 1 aromatic rings. The smallest absolute Gasteiger partial charge is 0.408 e. The highest BCUT2D eigenvalue weighted by Crippen LogP contribution is 2.09. The number of hydrogen-bond donors (Lipinski definition) is 4. The van der Waals surface area contributed by atoms with Gasteiger partial charge < -0.3 is 25.8 Å². The number of amides is 2. The van der Waals surface area contributed by atoms with Gasteiger partial charge >= 0.3 is 12.1 Å². The lowest BCUT2D eigenvalue weighted by Gasteiger charge is -2.25. The minimum Gasteiger partial charge on any atom is -0.467 e. The Labute approximate surface area is 197 Å². The second-order valence-electron chi connectivity index (χ2n) is 8.25. The summed E-state index contributed by atoms with van der Waals surface area (Å²) in [6.45, 7) is 5.08. The molecule has 0 saturated carbocycles. The number of nitrogens with one attached hydrogen (secondary N) is 3. The summed E-state index contributed by atoms with van der Waals surface area (Å²) < 4.78 is 10.0. The van der Waals surface area contributed by atoms with Crippen LogP contribution < -0.4 is 21.8 Å². The van der Waals surface area contributed by atoms with E-state index in [2.05, 4.69) is 15.6 Å². The summed E-state index contributed by atoms with van der Waals surface area (Å²) in [7, 11) is 1.21. The third kappa shape index (κ3) is 11.6. The minimum absolute atomic E-state index is 0.0525. The highest BCUT2D eigenvalue weighted by atomic mass is 16.7. The third-order valence-electron chi connectivity index (χ3n) is 4.23. The van der Waals surface area contributed by atoms with Crippen molar-refractivity contribution >= 4 is 23.9 Å². The summed E-state index contributed by atoms with van der Waals surface area (Å²) in [5, 5.41) is 14.6. The molecule has 0 bridgehead atoms. The fraction of sp³-hybridized carbons (Fsp3) is 0.524. The van der Waals surface area contributed by atoms with Crippen LogP contribution in [0.2, 0.25) is 0 Å². The Morgan fingerprint density at radius 3 is 2.35 bits per heavy atom. The minimum atomic E-state index is -1.07. The maximum absolute atomic E-state index is 13.0. The maximum atomic E-state index is 13.0. The number of carbonyl (C=O) groups excluding carboxylic acids is 3. The van der Waals surface area contributed by atoms with E-state index in [0.29, 0.717) is 0 Å². The van der Waals surface area contributed by atoms with Crippen LogP contribution in [0.15, 0.2) is 35.3 Å². The zero-order valence-corrected chi connectivity index (χ0v) is 19.7. The average molecular weight is 481 g/mol. The highest BCUT2D eigenvalue weighted by molar-refractivity contribution is 5.89. The molecular formula is C21H32N6O7. The summed E-state index contributed by atoms with van der Waals surface area (Å²) in [6, 6.07) is 6.99. The molecule has 0 spiro atoms. The molecular weight excluding hydrogens is 448 g/mol. The SMILES string of the molecule is COC(=O)[C@H](Cc1ccccc1)NC(=O)[C@@H](CCCN=C(N)N[N+](=O)[O-])NC(=O)OC(C)(C)C. The second-order valence-corrected chi connectivity index (χ2v) is 8.25. The van der Waals surface area contributed by atoms with Gasteiger partial charge in [-0.05, 0) is 39.2 Å². The zero-order chi connectivity index (χ0) is 25.7. The van der Waals surface area contributed by atoms with Crippen molar-refractivity contribution in [2.75, 3.05) is 13.7 Å². The number of carbonyl (C=O) groups is 3. The summed E-state index contributed by atoms with van der Waals surface area (Å²) in [5.41, 5.74) is 7.09. The molecule has 2 amide bonds. The van der Waals surface area contributed by atoms with Crippen molar-refractivity contribution in [3.63, 3.8) is 0 Å². The molecule has 0 aliphatic heterocycles. The molecule has 0 saturated heterocycles. The van der Waals surface area contributed by atoms with Crippen LogP contribution in [-0.4, -0.2) is 60.3 Å². The molecule has 188 valence electrons. The molecule has 0 aromatic heterocycles. The second kappa shape index (κ2) is 13.6. The Kier molecular flexibility index (Phi) is 11.3. The van der Waals surface area contributed by atoms with Gasteiger partial charge in [0.2, 0.25) is 5.91 Å². The lowest BCUT2D eigenvalue weighted by Crippen LogP contribution is -2.53. The fourth-order valence-electron chi connectivity index (χ4n) is 2.80. The van der Waals surface area contributed by atoms with Crippen molar-refractivity contribution in [3.8, 4) is 0 Å². The van der Waals surface area contributed by atoms with Gasteiger partial charge in [0.1, 0.15) is 17.7 Å². The molecule has 0 aliphatic carbocycles. The first-order valence-corrected chi connectivity index (χ1v) is 10.5. The van der Waals surface area contributed by atoms with Gasteiger partial charge in [0.25, 0.3) is 5.96 Å². The van der Waals surface area contributed by atoms with E-state index in [1.165, 1.54) is 7.11 Å². The number of methoxy groups -OCH3 is 1. The molecule has 13 heteroatoms. The van der Waals surface area contributed by atoms with Gasteiger partial charge in [-0.25, -0.2) is 24.7 Å². The number of hydrazine groups is 1. The Morgan fingerprint density at radius 1 is 1.15 bits per heavy atom. The molecule has 0 radical (unpaired) electrons. The van der Waals surface area contributed by atoms with Crippen LogP contribution in [0, 0.1) is 10.1 Å². The van der Waals surface area contributed by atoms with Crippen molar-refractivity contribution in [3.05, 3.63) is 46.0 Å². The number of nitrogens with two attached hydrogens (primary N) is 1. The number of guanidine groups is 1. The molecule has 13 nitrogen and oxygen atoms in total. The quantitative estimate of drug-likeness (QED) is 0.0880. The molecule has 1 aromatic carbocycles. The van der Waals surface area contributed by atoms with E-state index in [0.717, 1.165) is 5.56 Å². The highest BCUT2D eigenvalue weighted by Gasteiger charge is 2.28. The molecule has 0 heterocycles. The number of nitro groups is 1. The van der Waals surface area contributed by atoms with Gasteiger partial charge in [0.15, 0.2) is 5.03 Å². The van der Waals surface area contributed by atoms with E-state index in [1.54, 1.807) is 50.5 Å². The number of nitrogens with zero attached hydrogens (tertiary/aromatic N) is 2. The fourth-order valence-corrected chi connectivity index (χ4v) is 2.80. The van der Waals surface area contributed by atoms with Crippen molar-refractivity contribution < 1.29 is 28.9 Å². The number of benzene rings is 1. The molecule has 1 rings (SSSR count). The van der Waals surface area contributed by atoms with Gasteiger partial charge in [-0.2, -0.15) is 0 Å². The normalized spacial score (nSPS) is 13.2. The van der Waals surface area contributed by atoms with Crippen LogP contribution in [0.3, 0.4) is 0 Å². The average Bonchev–Trinajstić information content (AvgIpc) is 2.73. The number of rotatable bonds is 11. The van der Waals surface area contributed by atoms with Gasteiger partial charge in [0.05, 0.1) is 7.11 Å². The van der Waals surface area contributed by atoms with Crippen molar-refractivity contribution in [1.82, 2.24) is 16.1 Å². The van der Waals surface area contributed by atoms with Gasteiger partial charge in [0, 0.05) is 13.0 Å². The Balaban J connectivity index is 2.91. The number of esters is 1. The number of hydrogen-bond acceptors (Lipinski definition) is 8. The molecule has 0 unspecified atom stereocenters. The van der Waals surface area contributed by atoms with Crippen LogP contribution in [0.25, 0.3) is 0 Å². The van der Waals surface area contributed by atoms with Crippen molar-refractivity contribution in [1.29, 1.82) is 0 Å². The van der Waals surface area contributed by atoms with E-state index >= 15 is 0 Å². The van der Waals surface area contributed by atoms with E-state index in [4.69, 9.17) is 15.2 Å². The van der Waals surface area contributed by atoms with Crippen molar-refractivity contribution in [2.24, 2.45) is 10.7 Å². The van der Waals surface area contributed by atoms with Gasteiger partial charge in [-0.3, -0.25) is 4.79 Å². The lowest BCUT2D eigenvalue weighted by molar-refractivity contribution is -0.525. The zero-order valence-electron chi connectivity index (χ0n) is 19.7. The summed E-state index contributed by atoms with van der Waals surface area (Å²) >= 11 is 0. The summed E-state index contributed by atoms with van der Waals surface area (Å²) in [6.07, 6.45) is -0.288. The molecule has 0 aliphatic rings. The number of ether oxygens (including phenoxy) is 2. The molecule has 2 atom stereocenters. The predicted molar refractivity (Wildman–Crippen MR) is 123 cm³/mol. The Morgan fingerprint density at radius 2 is 1.79 bits per heavy atom. The first-order chi connectivity index (χ1) is 15.9. The monoisotopic (exact) mass is 480 g/mol. The largest absolute Gasteiger partial charge is 0.467 e.